The minimum Gasteiger partial charge on any atom is -0.491 e. The molecule has 0 saturated carbocycles. The van der Waals surface area contributed by atoms with Crippen LogP contribution < -0.4 is 9.46 Å². The number of sulfonamides is 1. The van der Waals surface area contributed by atoms with Crippen LogP contribution in [0.15, 0.2) is 29.2 Å². The van der Waals surface area contributed by atoms with Gasteiger partial charge in [-0.15, -0.1) is 0 Å². The Balaban J connectivity index is 1.79. The quantitative estimate of drug-likeness (QED) is 0.610. The predicted molar refractivity (Wildman–Crippen MR) is 103 cm³/mol. The Bertz CT molecular complexity index is 691. The highest BCUT2D eigenvalue weighted by Gasteiger charge is 2.21. The number of carbonyl (C=O) groups excluding carboxylic acids is 1. The van der Waals surface area contributed by atoms with E-state index in [0.29, 0.717) is 31.5 Å². The maximum Gasteiger partial charge on any atom is 0.240 e. The normalized spacial score (nSPS) is 17.7. The number of amides is 1. The van der Waals surface area contributed by atoms with E-state index in [9.17, 15) is 13.2 Å². The molecule has 0 bridgehead atoms. The van der Waals surface area contributed by atoms with E-state index >= 15 is 0 Å². The summed E-state index contributed by atoms with van der Waals surface area (Å²) in [5, 5.41) is 0. The Morgan fingerprint density at radius 3 is 2.67 bits per heavy atom. The van der Waals surface area contributed by atoms with Gasteiger partial charge in [-0.1, -0.05) is 6.92 Å². The van der Waals surface area contributed by atoms with E-state index in [1.165, 1.54) is 12.1 Å². The van der Waals surface area contributed by atoms with Gasteiger partial charge >= 0.3 is 0 Å². The summed E-state index contributed by atoms with van der Waals surface area (Å²) in [4.78, 5) is 14.2. The van der Waals surface area contributed by atoms with Crippen LogP contribution in [0.5, 0.6) is 5.75 Å². The third-order valence-electron chi connectivity index (χ3n) is 4.48. The molecule has 1 N–H and O–H groups in total. The Morgan fingerprint density at radius 2 is 2.00 bits per heavy atom. The predicted octanol–water partition coefficient (Wildman–Crippen LogP) is 2.03. The second-order valence-corrected chi connectivity index (χ2v) is 8.52. The Labute approximate surface area is 162 Å². The molecule has 0 spiro atoms. The molecule has 1 fully saturated rings. The first-order valence-electron chi connectivity index (χ1n) is 9.50. The molecule has 1 aromatic carbocycles. The summed E-state index contributed by atoms with van der Waals surface area (Å²) >= 11 is 0. The van der Waals surface area contributed by atoms with Crippen LogP contribution in [0.1, 0.15) is 33.1 Å². The molecule has 1 aliphatic rings. The molecule has 0 aromatic heterocycles. The molecule has 0 aliphatic carbocycles. The van der Waals surface area contributed by atoms with Crippen molar-refractivity contribution in [1.82, 2.24) is 9.62 Å². The molecule has 152 valence electrons. The van der Waals surface area contributed by atoms with Crippen molar-refractivity contribution in [3.05, 3.63) is 24.3 Å². The highest BCUT2D eigenvalue weighted by Crippen LogP contribution is 2.17. The highest BCUT2D eigenvalue weighted by molar-refractivity contribution is 7.89. The minimum atomic E-state index is -3.64. The molecule has 1 saturated heterocycles. The lowest BCUT2D eigenvalue weighted by Gasteiger charge is -2.31. The molecule has 2 rings (SSSR count). The highest BCUT2D eigenvalue weighted by atomic mass is 32.2. The number of carbonyl (C=O) groups is 1. The molecular formula is C19H30N2O5S. The first-order valence-corrected chi connectivity index (χ1v) is 11.0. The number of hydrogen-bond acceptors (Lipinski definition) is 5. The van der Waals surface area contributed by atoms with Crippen LogP contribution in [0.4, 0.5) is 0 Å². The third-order valence-corrected chi connectivity index (χ3v) is 5.95. The molecule has 7 nitrogen and oxygen atoms in total. The van der Waals surface area contributed by atoms with Crippen molar-refractivity contribution >= 4 is 15.9 Å². The number of nitrogens with one attached hydrogen (secondary N) is 1. The molecule has 1 aliphatic heterocycles. The van der Waals surface area contributed by atoms with Gasteiger partial charge in [-0.05, 0) is 49.9 Å². The van der Waals surface area contributed by atoms with Crippen molar-refractivity contribution in [3.63, 3.8) is 0 Å². The number of nitrogens with zero attached hydrogens (tertiary/aromatic N) is 1. The topological polar surface area (TPSA) is 84.9 Å². The van der Waals surface area contributed by atoms with Crippen molar-refractivity contribution in [2.24, 2.45) is 5.92 Å². The number of hydrogen-bond donors (Lipinski definition) is 1. The standard InChI is InChI=1S/C19H30N2O5S/c1-3-25-13-14-26-17-6-8-18(9-7-17)27(23,24)20-11-10-19(22)21-12-4-5-16(2)15-21/h6-9,16,20H,3-5,10-15H2,1-2H3. The second-order valence-electron chi connectivity index (χ2n) is 6.75. The van der Waals surface area contributed by atoms with E-state index in [1.807, 2.05) is 11.8 Å². The number of ether oxygens (including phenoxy) is 2. The second kappa shape index (κ2) is 10.6. The number of benzene rings is 1. The lowest BCUT2D eigenvalue weighted by atomic mass is 10.0. The fraction of sp³-hybridized carbons (Fsp3) is 0.632. The first-order chi connectivity index (χ1) is 12.9. The zero-order chi connectivity index (χ0) is 19.7. The van der Waals surface area contributed by atoms with Crippen LogP contribution in [0.25, 0.3) is 0 Å². The summed E-state index contributed by atoms with van der Waals surface area (Å²) in [6, 6.07) is 6.21. The lowest BCUT2D eigenvalue weighted by molar-refractivity contribution is -0.132. The van der Waals surface area contributed by atoms with Crippen LogP contribution >= 0.6 is 0 Å². The van der Waals surface area contributed by atoms with E-state index in [-0.39, 0.29) is 23.8 Å². The Hall–Kier alpha value is -1.64. The third kappa shape index (κ3) is 7.12. The van der Waals surface area contributed by atoms with Gasteiger partial charge in [-0.25, -0.2) is 13.1 Å². The van der Waals surface area contributed by atoms with Crippen LogP contribution in [0, 0.1) is 5.92 Å². The van der Waals surface area contributed by atoms with E-state index < -0.39 is 10.0 Å². The monoisotopic (exact) mass is 398 g/mol. The fourth-order valence-corrected chi connectivity index (χ4v) is 4.06. The van der Waals surface area contributed by atoms with Gasteiger partial charge in [-0.2, -0.15) is 0 Å². The number of piperidine rings is 1. The zero-order valence-corrected chi connectivity index (χ0v) is 17.0. The van der Waals surface area contributed by atoms with Crippen LogP contribution in [-0.2, 0) is 19.6 Å². The van der Waals surface area contributed by atoms with E-state index in [2.05, 4.69) is 11.6 Å². The van der Waals surface area contributed by atoms with Crippen molar-refractivity contribution in [2.75, 3.05) is 39.5 Å². The summed E-state index contributed by atoms with van der Waals surface area (Å²) in [5.74, 6) is 1.10. The van der Waals surface area contributed by atoms with Crippen LogP contribution in [0.3, 0.4) is 0 Å². The maximum absolute atomic E-state index is 12.4. The molecule has 1 heterocycles. The van der Waals surface area contributed by atoms with Gasteiger partial charge in [0, 0.05) is 32.7 Å². The summed E-state index contributed by atoms with van der Waals surface area (Å²) in [6.45, 7) is 7.19. The van der Waals surface area contributed by atoms with Crippen molar-refractivity contribution in [3.8, 4) is 5.75 Å². The average Bonchev–Trinajstić information content (AvgIpc) is 2.65. The molecule has 27 heavy (non-hydrogen) atoms. The molecule has 1 unspecified atom stereocenters. The molecule has 0 radical (unpaired) electrons. The summed E-state index contributed by atoms with van der Waals surface area (Å²) in [6.07, 6.45) is 2.32. The lowest BCUT2D eigenvalue weighted by Crippen LogP contribution is -2.40. The molecule has 1 amide bonds. The fourth-order valence-electron chi connectivity index (χ4n) is 3.03. The van der Waals surface area contributed by atoms with Crippen molar-refractivity contribution in [1.29, 1.82) is 0 Å². The number of rotatable bonds is 10. The van der Waals surface area contributed by atoms with Gasteiger partial charge < -0.3 is 14.4 Å². The minimum absolute atomic E-state index is 0.00213. The van der Waals surface area contributed by atoms with Gasteiger partial charge in [0.2, 0.25) is 15.9 Å². The number of likely N-dealkylation sites (tertiary alicyclic amines) is 1. The van der Waals surface area contributed by atoms with Gasteiger partial charge in [0.1, 0.15) is 12.4 Å². The molecular weight excluding hydrogens is 368 g/mol. The molecule has 8 heteroatoms. The summed E-state index contributed by atoms with van der Waals surface area (Å²) < 4.78 is 37.9. The average molecular weight is 399 g/mol. The van der Waals surface area contributed by atoms with Crippen molar-refractivity contribution < 1.29 is 22.7 Å². The van der Waals surface area contributed by atoms with E-state index in [1.54, 1.807) is 12.1 Å². The van der Waals surface area contributed by atoms with Crippen LogP contribution in [0.2, 0.25) is 0 Å². The summed E-state index contributed by atoms with van der Waals surface area (Å²) in [7, 11) is -3.64. The van der Waals surface area contributed by atoms with E-state index in [4.69, 9.17) is 9.47 Å². The van der Waals surface area contributed by atoms with E-state index in [0.717, 1.165) is 25.9 Å². The zero-order valence-electron chi connectivity index (χ0n) is 16.1. The molecule has 1 atom stereocenters. The summed E-state index contributed by atoms with van der Waals surface area (Å²) in [5.41, 5.74) is 0. The molecule has 1 aromatic rings. The van der Waals surface area contributed by atoms with Crippen LogP contribution in [-0.4, -0.2) is 58.7 Å². The Morgan fingerprint density at radius 1 is 1.26 bits per heavy atom. The van der Waals surface area contributed by atoms with Crippen molar-refractivity contribution in [2.45, 2.75) is 38.0 Å². The smallest absolute Gasteiger partial charge is 0.240 e. The van der Waals surface area contributed by atoms with Gasteiger partial charge in [0.25, 0.3) is 0 Å². The van der Waals surface area contributed by atoms with Gasteiger partial charge in [0.05, 0.1) is 11.5 Å². The maximum atomic E-state index is 12.4. The SMILES string of the molecule is CCOCCOc1ccc(S(=O)(=O)NCCC(=O)N2CCCC(C)C2)cc1. The first kappa shape index (κ1) is 21.7. The largest absolute Gasteiger partial charge is 0.491 e. The van der Waals surface area contributed by atoms with Gasteiger partial charge in [0.15, 0.2) is 0 Å². The van der Waals surface area contributed by atoms with Gasteiger partial charge in [-0.3, -0.25) is 4.79 Å². The Kier molecular flexibility index (Phi) is 8.53.